The molecule has 0 N–H and O–H groups in total. The van der Waals surface area contributed by atoms with Crippen molar-refractivity contribution in [1.82, 2.24) is 14.5 Å². The van der Waals surface area contributed by atoms with Crippen LogP contribution in [0.15, 0.2) is 116 Å². The van der Waals surface area contributed by atoms with Gasteiger partial charge >= 0.3 is 0 Å². The molecule has 7 aromatic rings. The summed E-state index contributed by atoms with van der Waals surface area (Å²) < 4.78 is 8.95. The zero-order valence-electron chi connectivity index (χ0n) is 33.1. The molecule has 8 rings (SSSR count). The lowest BCUT2D eigenvalue weighted by Gasteiger charge is -2.30. The van der Waals surface area contributed by atoms with Gasteiger partial charge in [0.05, 0.1) is 16.7 Å². The van der Waals surface area contributed by atoms with E-state index < -0.39 is 0 Å². The van der Waals surface area contributed by atoms with Gasteiger partial charge in [0.2, 0.25) is 0 Å². The second kappa shape index (κ2) is 13.7. The Morgan fingerprint density at radius 2 is 1.33 bits per heavy atom. The van der Waals surface area contributed by atoms with Gasteiger partial charge in [0.15, 0.2) is 5.82 Å². The maximum atomic E-state index is 6.69. The highest BCUT2D eigenvalue weighted by Crippen LogP contribution is 2.48. The van der Waals surface area contributed by atoms with E-state index in [-0.39, 0.29) is 5.41 Å². The smallest absolute Gasteiger partial charge is 0.158 e. The molecule has 1 aliphatic rings. The molecule has 0 amide bonds. The molecule has 4 heterocycles. The van der Waals surface area contributed by atoms with Crippen molar-refractivity contribution < 1.29 is 4.74 Å². The van der Waals surface area contributed by atoms with Crippen LogP contribution < -0.4 is 14.5 Å². The zero-order valence-corrected chi connectivity index (χ0v) is 33.1. The first-order valence-electron chi connectivity index (χ1n) is 19.3. The molecule has 1 aliphatic heterocycles. The number of benzene rings is 4. The number of nitrogens with zero attached hydrogens (tertiary/aromatic N) is 5. The van der Waals surface area contributed by atoms with Crippen molar-refractivity contribution in [2.45, 2.75) is 85.5 Å². The van der Waals surface area contributed by atoms with Crippen LogP contribution >= 0.6 is 0 Å². The Kier molecular flexibility index (Phi) is 8.96. The fraction of sp³-hybridized carbons (Fsp3) is 0.292. The summed E-state index contributed by atoms with van der Waals surface area (Å²) in [5.41, 5.74) is 11.0. The van der Waals surface area contributed by atoms with Gasteiger partial charge in [-0.3, -0.25) is 4.57 Å². The lowest BCUT2D eigenvalue weighted by Crippen LogP contribution is -2.26. The van der Waals surface area contributed by atoms with E-state index in [1.807, 2.05) is 24.5 Å². The highest BCUT2D eigenvalue weighted by atomic mass is 16.5. The molecule has 0 bridgehead atoms. The highest BCUT2D eigenvalue weighted by molar-refractivity contribution is 6.09. The molecule has 6 nitrogen and oxygen atoms in total. The van der Waals surface area contributed by atoms with Crippen molar-refractivity contribution in [3.63, 3.8) is 0 Å². The van der Waals surface area contributed by atoms with Gasteiger partial charge in [-0.05, 0) is 100 Å². The Labute approximate surface area is 320 Å². The molecular weight excluding hydrogens is 663 g/mol. The fourth-order valence-electron chi connectivity index (χ4n) is 7.84. The van der Waals surface area contributed by atoms with Crippen LogP contribution in [0.1, 0.15) is 102 Å². The average molecular weight is 714 g/mol. The van der Waals surface area contributed by atoms with Crippen LogP contribution in [0, 0.1) is 0 Å². The van der Waals surface area contributed by atoms with Crippen molar-refractivity contribution in [2.75, 3.05) is 16.5 Å². The van der Waals surface area contributed by atoms with Crippen molar-refractivity contribution >= 4 is 44.7 Å². The standard InChI is InChI=1S/C48H51N5O/c1-30(2)33-24-40(31(3)4)46(41(25-33)32(5)6)52-29-51(47-43(52)18-13-22-50-47)35-14-12-15-36(27-35)54-37-19-20-39-38-16-10-11-17-42(38)53(44(39)28-37)45-26-34(21-23-49-45)48(7,8)9/h10-28,30-32H,29H2,1-9H3. The monoisotopic (exact) mass is 713 g/mol. The van der Waals surface area contributed by atoms with Gasteiger partial charge in [-0.15, -0.1) is 0 Å². The molecule has 54 heavy (non-hydrogen) atoms. The van der Waals surface area contributed by atoms with Gasteiger partial charge in [-0.2, -0.15) is 0 Å². The van der Waals surface area contributed by atoms with Gasteiger partial charge in [0.25, 0.3) is 0 Å². The van der Waals surface area contributed by atoms with Gasteiger partial charge in [-0.25, -0.2) is 9.97 Å². The number of rotatable bonds is 8. The first-order chi connectivity index (χ1) is 25.9. The second-order valence-corrected chi connectivity index (χ2v) is 16.6. The molecule has 0 spiro atoms. The van der Waals surface area contributed by atoms with E-state index in [4.69, 9.17) is 14.7 Å². The van der Waals surface area contributed by atoms with E-state index >= 15 is 0 Å². The molecule has 0 fully saturated rings. The Bertz CT molecular complexity index is 2470. The molecule has 0 saturated carbocycles. The molecular formula is C48H51N5O. The Morgan fingerprint density at radius 1 is 0.611 bits per heavy atom. The van der Waals surface area contributed by atoms with Gasteiger partial charge in [-0.1, -0.05) is 98.7 Å². The van der Waals surface area contributed by atoms with Crippen molar-refractivity contribution in [3.05, 3.63) is 138 Å². The fourth-order valence-corrected chi connectivity index (χ4v) is 7.84. The van der Waals surface area contributed by atoms with E-state index in [9.17, 15) is 0 Å². The molecule has 0 atom stereocenters. The third-order valence-electron chi connectivity index (χ3n) is 10.8. The molecule has 0 saturated heterocycles. The topological polar surface area (TPSA) is 46.4 Å². The third kappa shape index (κ3) is 6.27. The number of hydrogen-bond donors (Lipinski definition) is 0. The molecule has 3 aromatic heterocycles. The maximum Gasteiger partial charge on any atom is 0.158 e. The lowest BCUT2D eigenvalue weighted by molar-refractivity contribution is 0.483. The van der Waals surface area contributed by atoms with Crippen LogP contribution in [0.3, 0.4) is 0 Å². The van der Waals surface area contributed by atoms with E-state index in [0.29, 0.717) is 24.4 Å². The number of para-hydroxylation sites is 1. The van der Waals surface area contributed by atoms with E-state index in [1.54, 1.807) is 0 Å². The second-order valence-electron chi connectivity index (χ2n) is 16.6. The molecule has 0 unspecified atom stereocenters. The van der Waals surface area contributed by atoms with Crippen molar-refractivity contribution in [1.29, 1.82) is 0 Å². The Balaban J connectivity index is 1.17. The average Bonchev–Trinajstić information content (AvgIpc) is 3.70. The van der Waals surface area contributed by atoms with Crippen LogP contribution in [0.4, 0.5) is 22.9 Å². The maximum absolute atomic E-state index is 6.69. The zero-order chi connectivity index (χ0) is 37.9. The largest absolute Gasteiger partial charge is 0.457 e. The Hall–Kier alpha value is -5.62. The number of anilines is 4. The SMILES string of the molecule is CC(C)c1cc(C(C)C)c(N2CN(c3cccc(Oc4ccc5c6ccccc6n(-c6cc(C(C)(C)C)ccn6)c5c4)c3)c3ncccc32)c(C(C)C)c1. The molecule has 274 valence electrons. The first kappa shape index (κ1) is 35.4. The van der Waals surface area contributed by atoms with E-state index in [1.165, 1.54) is 33.3 Å². The van der Waals surface area contributed by atoms with Crippen LogP contribution in [0.2, 0.25) is 0 Å². The molecule has 6 heteroatoms. The lowest BCUT2D eigenvalue weighted by atomic mass is 9.87. The number of hydrogen-bond acceptors (Lipinski definition) is 5. The number of aromatic nitrogens is 3. The summed E-state index contributed by atoms with van der Waals surface area (Å²) in [5.74, 6) is 4.59. The molecule has 4 aromatic carbocycles. The normalized spacial score (nSPS) is 13.3. The summed E-state index contributed by atoms with van der Waals surface area (Å²) >= 11 is 0. The summed E-state index contributed by atoms with van der Waals surface area (Å²) in [6.45, 7) is 21.2. The minimum Gasteiger partial charge on any atom is -0.457 e. The van der Waals surface area contributed by atoms with Crippen molar-refractivity contribution in [2.24, 2.45) is 0 Å². The van der Waals surface area contributed by atoms with Crippen LogP contribution in [0.25, 0.3) is 27.6 Å². The third-order valence-corrected chi connectivity index (χ3v) is 10.8. The highest BCUT2D eigenvalue weighted by Gasteiger charge is 2.33. The minimum atomic E-state index is 0.00393. The van der Waals surface area contributed by atoms with Gasteiger partial charge in [0.1, 0.15) is 24.0 Å². The molecule has 0 radical (unpaired) electrons. The van der Waals surface area contributed by atoms with E-state index in [2.05, 4.69) is 168 Å². The molecule has 0 aliphatic carbocycles. The van der Waals surface area contributed by atoms with Gasteiger partial charge < -0.3 is 14.5 Å². The quantitative estimate of drug-likeness (QED) is 0.157. The summed E-state index contributed by atoms with van der Waals surface area (Å²) in [6, 6.07) is 36.7. The van der Waals surface area contributed by atoms with E-state index in [0.717, 1.165) is 50.9 Å². The predicted octanol–water partition coefficient (Wildman–Crippen LogP) is 13.3. The predicted molar refractivity (Wildman–Crippen MR) is 226 cm³/mol. The number of pyridine rings is 2. The Morgan fingerprint density at radius 3 is 2.06 bits per heavy atom. The van der Waals surface area contributed by atoms with Gasteiger partial charge in [0, 0.05) is 46.7 Å². The van der Waals surface area contributed by atoms with Crippen LogP contribution in [-0.2, 0) is 5.41 Å². The first-order valence-corrected chi connectivity index (χ1v) is 19.3. The van der Waals surface area contributed by atoms with Crippen LogP contribution in [-0.4, -0.2) is 21.2 Å². The summed E-state index contributed by atoms with van der Waals surface area (Å²) in [5, 5.41) is 2.35. The van der Waals surface area contributed by atoms with Crippen LogP contribution in [0.5, 0.6) is 11.5 Å². The number of fused-ring (bicyclic) bond motifs is 4. The minimum absolute atomic E-state index is 0.00393. The summed E-state index contributed by atoms with van der Waals surface area (Å²) in [6.07, 6.45) is 3.81. The number of ether oxygens (including phenoxy) is 1. The summed E-state index contributed by atoms with van der Waals surface area (Å²) in [7, 11) is 0. The summed E-state index contributed by atoms with van der Waals surface area (Å²) in [4.78, 5) is 14.6. The van der Waals surface area contributed by atoms with Crippen molar-refractivity contribution in [3.8, 4) is 17.3 Å².